The predicted molar refractivity (Wildman–Crippen MR) is 84.0 cm³/mol. The van der Waals surface area contributed by atoms with Gasteiger partial charge in [0, 0.05) is 10.8 Å². The first-order valence-electron chi connectivity index (χ1n) is 6.65. The van der Waals surface area contributed by atoms with Gasteiger partial charge < -0.3 is 9.47 Å². The summed E-state index contributed by atoms with van der Waals surface area (Å²) < 4.78 is 10.8. The summed E-state index contributed by atoms with van der Waals surface area (Å²) in [4.78, 5) is 0. The van der Waals surface area contributed by atoms with Gasteiger partial charge in [0.1, 0.15) is 34.8 Å². The Kier molecular flexibility index (Phi) is 3.29. The molecule has 0 aliphatic carbocycles. The molecule has 0 bridgehead atoms. The minimum Gasteiger partial charge on any atom is -0.495 e. The molecule has 3 aromatic rings. The van der Waals surface area contributed by atoms with Crippen molar-refractivity contribution in [3.05, 3.63) is 47.5 Å². The van der Waals surface area contributed by atoms with Crippen LogP contribution in [0.25, 0.3) is 21.5 Å². The molecule has 3 aromatic carbocycles. The maximum Gasteiger partial charge on any atom is 0.146 e. The number of nitriles is 2. The van der Waals surface area contributed by atoms with E-state index in [1.165, 1.54) is 14.2 Å². The van der Waals surface area contributed by atoms with E-state index < -0.39 is 0 Å². The first-order valence-corrected chi connectivity index (χ1v) is 6.65. The molecule has 3 rings (SSSR count). The molecule has 0 fully saturated rings. The van der Waals surface area contributed by atoms with Crippen molar-refractivity contribution in [3.63, 3.8) is 0 Å². The van der Waals surface area contributed by atoms with E-state index in [4.69, 9.17) is 9.47 Å². The van der Waals surface area contributed by atoms with E-state index in [0.717, 1.165) is 21.5 Å². The van der Waals surface area contributed by atoms with E-state index in [9.17, 15) is 10.5 Å². The molecule has 4 nitrogen and oxygen atoms in total. The fourth-order valence-corrected chi connectivity index (χ4v) is 2.75. The van der Waals surface area contributed by atoms with Gasteiger partial charge >= 0.3 is 0 Å². The summed E-state index contributed by atoms with van der Waals surface area (Å²) in [6.07, 6.45) is 0. The van der Waals surface area contributed by atoms with Crippen LogP contribution in [-0.4, -0.2) is 14.2 Å². The third-order valence-corrected chi connectivity index (χ3v) is 3.71. The van der Waals surface area contributed by atoms with Gasteiger partial charge in [0.25, 0.3) is 0 Å². The molecular formula is C18H12N2O2. The zero-order valence-corrected chi connectivity index (χ0v) is 12.2. The molecule has 106 valence electrons. The molecule has 0 saturated heterocycles. The first-order chi connectivity index (χ1) is 10.7. The molecule has 0 atom stereocenters. The van der Waals surface area contributed by atoms with Gasteiger partial charge in [-0.25, -0.2) is 0 Å². The summed E-state index contributed by atoms with van der Waals surface area (Å²) in [6, 6.07) is 15.9. The van der Waals surface area contributed by atoms with Crippen molar-refractivity contribution < 1.29 is 9.47 Å². The molecule has 0 heterocycles. The SMILES string of the molecule is COc1c(C#N)c(C#N)c(OC)c2cc3ccccc3cc12. The van der Waals surface area contributed by atoms with Crippen LogP contribution in [0.3, 0.4) is 0 Å². The van der Waals surface area contributed by atoms with Crippen LogP contribution in [0.2, 0.25) is 0 Å². The number of rotatable bonds is 2. The van der Waals surface area contributed by atoms with Crippen molar-refractivity contribution in [2.75, 3.05) is 14.2 Å². The van der Waals surface area contributed by atoms with Crippen LogP contribution >= 0.6 is 0 Å². The molecule has 0 aliphatic heterocycles. The number of hydrogen-bond donors (Lipinski definition) is 0. The van der Waals surface area contributed by atoms with E-state index in [1.54, 1.807) is 0 Å². The second-order valence-corrected chi connectivity index (χ2v) is 4.79. The summed E-state index contributed by atoms with van der Waals surface area (Å²) in [6.45, 7) is 0. The number of hydrogen-bond acceptors (Lipinski definition) is 4. The van der Waals surface area contributed by atoms with Crippen LogP contribution in [-0.2, 0) is 0 Å². The Labute approximate surface area is 127 Å². The largest absolute Gasteiger partial charge is 0.495 e. The Bertz CT molecular complexity index is 898. The molecule has 0 N–H and O–H groups in total. The van der Waals surface area contributed by atoms with Crippen LogP contribution in [0.5, 0.6) is 11.5 Å². The van der Waals surface area contributed by atoms with Crippen molar-refractivity contribution in [2.24, 2.45) is 0 Å². The molecule has 22 heavy (non-hydrogen) atoms. The van der Waals surface area contributed by atoms with E-state index >= 15 is 0 Å². The normalized spacial score (nSPS) is 10.2. The molecular weight excluding hydrogens is 276 g/mol. The minimum absolute atomic E-state index is 0.199. The van der Waals surface area contributed by atoms with Crippen molar-refractivity contribution in [1.82, 2.24) is 0 Å². The summed E-state index contributed by atoms with van der Waals surface area (Å²) in [5.74, 6) is 0.807. The number of ether oxygens (including phenoxy) is 2. The zero-order valence-electron chi connectivity index (χ0n) is 12.2. The first kappa shape index (κ1) is 13.7. The maximum absolute atomic E-state index is 9.42. The monoisotopic (exact) mass is 288 g/mol. The fraction of sp³-hybridized carbons (Fsp3) is 0.111. The highest BCUT2D eigenvalue weighted by Crippen LogP contribution is 2.41. The Hall–Kier alpha value is -3.24. The number of benzene rings is 3. The smallest absolute Gasteiger partial charge is 0.146 e. The fourth-order valence-electron chi connectivity index (χ4n) is 2.75. The Morgan fingerprint density at radius 3 is 1.50 bits per heavy atom. The van der Waals surface area contributed by atoms with Crippen LogP contribution in [0.4, 0.5) is 0 Å². The van der Waals surface area contributed by atoms with Gasteiger partial charge in [-0.2, -0.15) is 10.5 Å². The highest BCUT2D eigenvalue weighted by molar-refractivity contribution is 6.06. The molecule has 0 spiro atoms. The van der Waals surface area contributed by atoms with Crippen molar-refractivity contribution in [3.8, 4) is 23.6 Å². The van der Waals surface area contributed by atoms with Gasteiger partial charge in [-0.3, -0.25) is 0 Å². The topological polar surface area (TPSA) is 66.0 Å². The van der Waals surface area contributed by atoms with Crippen LogP contribution in [0.15, 0.2) is 36.4 Å². The van der Waals surface area contributed by atoms with Crippen molar-refractivity contribution in [1.29, 1.82) is 10.5 Å². The average molecular weight is 288 g/mol. The number of fused-ring (bicyclic) bond motifs is 2. The second kappa shape index (κ2) is 5.27. The summed E-state index contributed by atoms with van der Waals surface area (Å²) >= 11 is 0. The highest BCUT2D eigenvalue weighted by atomic mass is 16.5. The molecule has 0 aliphatic rings. The van der Waals surface area contributed by atoms with Gasteiger partial charge in [-0.1, -0.05) is 24.3 Å². The summed E-state index contributed by atoms with van der Waals surface area (Å²) in [7, 11) is 3.00. The standard InChI is InChI=1S/C18H12N2O2/c1-21-17-13-7-11-5-3-4-6-12(11)8-14(13)18(22-2)16(10-20)15(17)9-19/h3-8H,1-2H3. The number of nitrogens with zero attached hydrogens (tertiary/aromatic N) is 2. The number of methoxy groups -OCH3 is 2. The van der Waals surface area contributed by atoms with E-state index in [2.05, 4.69) is 12.1 Å². The van der Waals surface area contributed by atoms with Gasteiger partial charge in [-0.15, -0.1) is 0 Å². The molecule has 4 heteroatoms. The third-order valence-electron chi connectivity index (χ3n) is 3.71. The second-order valence-electron chi connectivity index (χ2n) is 4.79. The molecule has 0 saturated carbocycles. The molecule has 0 amide bonds. The Balaban J connectivity index is 2.61. The predicted octanol–water partition coefficient (Wildman–Crippen LogP) is 3.75. The van der Waals surface area contributed by atoms with Crippen molar-refractivity contribution in [2.45, 2.75) is 0 Å². The highest BCUT2D eigenvalue weighted by Gasteiger charge is 2.21. The lowest BCUT2D eigenvalue weighted by molar-refractivity contribution is 0.408. The molecule has 0 aromatic heterocycles. The lowest BCUT2D eigenvalue weighted by atomic mass is 9.96. The van der Waals surface area contributed by atoms with Crippen LogP contribution in [0.1, 0.15) is 11.1 Å². The third kappa shape index (κ3) is 1.82. The van der Waals surface area contributed by atoms with E-state index in [1.807, 2.05) is 36.4 Å². The Morgan fingerprint density at radius 1 is 0.773 bits per heavy atom. The lowest BCUT2D eigenvalue weighted by Gasteiger charge is -2.14. The van der Waals surface area contributed by atoms with Gasteiger partial charge in [0.15, 0.2) is 0 Å². The van der Waals surface area contributed by atoms with E-state index in [-0.39, 0.29) is 11.1 Å². The minimum atomic E-state index is 0.199. The van der Waals surface area contributed by atoms with E-state index in [0.29, 0.717) is 11.5 Å². The lowest BCUT2D eigenvalue weighted by Crippen LogP contribution is -1.98. The van der Waals surface area contributed by atoms with Gasteiger partial charge in [-0.05, 0) is 22.9 Å². The summed E-state index contributed by atoms with van der Waals surface area (Å²) in [5.41, 5.74) is 0.397. The van der Waals surface area contributed by atoms with Crippen LogP contribution in [0, 0.1) is 22.7 Å². The van der Waals surface area contributed by atoms with Crippen molar-refractivity contribution >= 4 is 21.5 Å². The average Bonchev–Trinajstić information content (AvgIpc) is 2.57. The quantitative estimate of drug-likeness (QED) is 0.673. The van der Waals surface area contributed by atoms with Gasteiger partial charge in [0.2, 0.25) is 0 Å². The zero-order chi connectivity index (χ0) is 15.7. The van der Waals surface area contributed by atoms with Crippen LogP contribution < -0.4 is 9.47 Å². The molecule has 0 unspecified atom stereocenters. The maximum atomic E-state index is 9.42. The Morgan fingerprint density at radius 2 is 1.18 bits per heavy atom. The van der Waals surface area contributed by atoms with Gasteiger partial charge in [0.05, 0.1) is 14.2 Å². The summed E-state index contributed by atoms with van der Waals surface area (Å²) in [5, 5.41) is 22.4. The molecule has 0 radical (unpaired) electrons.